The Morgan fingerprint density at radius 1 is 0.963 bits per heavy atom. The number of benzene rings is 2. The van der Waals surface area contributed by atoms with Gasteiger partial charge in [-0.05, 0) is 48.5 Å². The summed E-state index contributed by atoms with van der Waals surface area (Å²) in [7, 11) is 0. The summed E-state index contributed by atoms with van der Waals surface area (Å²) in [6.45, 7) is 0. The number of fused-ring (bicyclic) bond motifs is 1. The van der Waals surface area contributed by atoms with Gasteiger partial charge in [0.2, 0.25) is 5.95 Å². The summed E-state index contributed by atoms with van der Waals surface area (Å²) in [5, 5.41) is 11.8. The highest BCUT2D eigenvalue weighted by Gasteiger charge is 2.07. The molecule has 0 saturated heterocycles. The van der Waals surface area contributed by atoms with Crippen molar-refractivity contribution in [1.82, 2.24) is 15.0 Å². The van der Waals surface area contributed by atoms with Crippen LogP contribution in [-0.2, 0) is 0 Å². The largest absolute Gasteiger partial charge is 0.511 e. The molecular formula is C19H14N4O4. The van der Waals surface area contributed by atoms with Crippen molar-refractivity contribution in [1.29, 1.82) is 0 Å². The van der Waals surface area contributed by atoms with E-state index in [0.29, 0.717) is 28.5 Å². The highest BCUT2D eigenvalue weighted by molar-refractivity contribution is 5.80. The van der Waals surface area contributed by atoms with Crippen LogP contribution in [0, 0.1) is 0 Å². The van der Waals surface area contributed by atoms with Crippen LogP contribution in [0.2, 0.25) is 0 Å². The zero-order valence-corrected chi connectivity index (χ0v) is 13.9. The minimum absolute atomic E-state index is 0.225. The van der Waals surface area contributed by atoms with Gasteiger partial charge in [0, 0.05) is 24.1 Å². The molecule has 8 nitrogen and oxygen atoms in total. The Labute approximate surface area is 153 Å². The van der Waals surface area contributed by atoms with Crippen molar-refractivity contribution in [3.63, 3.8) is 0 Å². The Balaban J connectivity index is 1.47. The fourth-order valence-electron chi connectivity index (χ4n) is 2.50. The van der Waals surface area contributed by atoms with E-state index in [0.717, 1.165) is 5.69 Å². The van der Waals surface area contributed by atoms with Gasteiger partial charge < -0.3 is 24.9 Å². The summed E-state index contributed by atoms with van der Waals surface area (Å²) >= 11 is 0. The molecule has 134 valence electrons. The zero-order chi connectivity index (χ0) is 18.6. The summed E-state index contributed by atoms with van der Waals surface area (Å²) in [6, 6.07) is 15.8. The van der Waals surface area contributed by atoms with Crippen LogP contribution in [-0.4, -0.2) is 26.2 Å². The van der Waals surface area contributed by atoms with Gasteiger partial charge in [0.05, 0.1) is 11.0 Å². The number of carboxylic acid groups (broad SMARTS) is 1. The average Bonchev–Trinajstić information content (AvgIpc) is 3.05. The van der Waals surface area contributed by atoms with Crippen LogP contribution in [0.25, 0.3) is 11.0 Å². The molecule has 2 aromatic heterocycles. The minimum atomic E-state index is -1.36. The van der Waals surface area contributed by atoms with E-state index < -0.39 is 6.16 Å². The highest BCUT2D eigenvalue weighted by Crippen LogP contribution is 2.25. The fraction of sp³-hybridized carbons (Fsp3) is 0. The first-order chi connectivity index (χ1) is 13.2. The van der Waals surface area contributed by atoms with Gasteiger partial charge in [-0.2, -0.15) is 0 Å². The lowest BCUT2D eigenvalue weighted by molar-refractivity contribution is 0.144. The van der Waals surface area contributed by atoms with Crippen molar-refractivity contribution < 1.29 is 19.4 Å². The maximum absolute atomic E-state index is 10.6. The number of carbonyl (C=O) groups is 1. The lowest BCUT2D eigenvalue weighted by atomic mass is 10.3. The molecule has 0 radical (unpaired) electrons. The standard InChI is InChI=1S/C19H14N4O4/c24-19(25)27-15-5-6-16-17(11-15)23-18(22-16)21-12-1-3-13(4-2-12)26-14-7-9-20-10-8-14/h1-11H,(H,24,25)(H2,21,22,23). The zero-order valence-electron chi connectivity index (χ0n) is 13.9. The van der Waals surface area contributed by atoms with Gasteiger partial charge in [0.15, 0.2) is 0 Å². The summed E-state index contributed by atoms with van der Waals surface area (Å²) < 4.78 is 10.4. The highest BCUT2D eigenvalue weighted by atomic mass is 16.7. The summed E-state index contributed by atoms with van der Waals surface area (Å²) in [5.41, 5.74) is 2.17. The van der Waals surface area contributed by atoms with Crippen LogP contribution < -0.4 is 14.8 Å². The van der Waals surface area contributed by atoms with Gasteiger partial charge in [-0.3, -0.25) is 4.98 Å². The molecule has 0 amide bonds. The Hall–Kier alpha value is -4.07. The first kappa shape index (κ1) is 16.4. The van der Waals surface area contributed by atoms with E-state index in [2.05, 4.69) is 25.0 Å². The smallest absolute Gasteiger partial charge is 0.457 e. The number of rotatable bonds is 5. The Morgan fingerprint density at radius 2 is 1.67 bits per heavy atom. The maximum atomic E-state index is 10.6. The number of aromatic amines is 1. The molecule has 2 aromatic carbocycles. The molecule has 0 unspecified atom stereocenters. The third-order valence-electron chi connectivity index (χ3n) is 3.66. The van der Waals surface area contributed by atoms with Crippen LogP contribution in [0.5, 0.6) is 17.2 Å². The van der Waals surface area contributed by atoms with Gasteiger partial charge >= 0.3 is 6.16 Å². The summed E-state index contributed by atoms with van der Waals surface area (Å²) in [5.74, 6) is 2.16. The molecule has 0 bridgehead atoms. The number of aromatic nitrogens is 3. The molecule has 0 atom stereocenters. The number of anilines is 2. The van der Waals surface area contributed by atoms with E-state index in [1.165, 1.54) is 0 Å². The number of H-pyrrole nitrogens is 1. The number of pyridine rings is 1. The number of nitrogens with one attached hydrogen (secondary N) is 2. The van der Waals surface area contributed by atoms with Crippen LogP contribution in [0.15, 0.2) is 67.0 Å². The van der Waals surface area contributed by atoms with E-state index >= 15 is 0 Å². The van der Waals surface area contributed by atoms with E-state index in [9.17, 15) is 4.79 Å². The second-order valence-corrected chi connectivity index (χ2v) is 5.57. The molecule has 0 aliphatic rings. The molecule has 27 heavy (non-hydrogen) atoms. The summed E-state index contributed by atoms with van der Waals surface area (Å²) in [4.78, 5) is 22.1. The lowest BCUT2D eigenvalue weighted by Gasteiger charge is -2.07. The molecule has 0 aliphatic carbocycles. The molecule has 4 rings (SSSR count). The van der Waals surface area contributed by atoms with Gasteiger partial charge in [-0.25, -0.2) is 9.78 Å². The van der Waals surface area contributed by atoms with Gasteiger partial charge in [-0.1, -0.05) is 0 Å². The van der Waals surface area contributed by atoms with Crippen LogP contribution >= 0.6 is 0 Å². The first-order valence-electron chi connectivity index (χ1n) is 8.01. The Bertz CT molecular complexity index is 1080. The van der Waals surface area contributed by atoms with Crippen molar-refractivity contribution in [2.75, 3.05) is 5.32 Å². The van der Waals surface area contributed by atoms with E-state index in [4.69, 9.17) is 9.84 Å². The second-order valence-electron chi connectivity index (χ2n) is 5.57. The van der Waals surface area contributed by atoms with E-state index in [1.807, 2.05) is 24.3 Å². The van der Waals surface area contributed by atoms with E-state index in [1.54, 1.807) is 42.7 Å². The first-order valence-corrected chi connectivity index (χ1v) is 8.01. The predicted octanol–water partition coefficient (Wildman–Crippen LogP) is 4.55. The molecule has 4 aromatic rings. The molecule has 0 fully saturated rings. The SMILES string of the molecule is O=C(O)Oc1ccc2nc(Nc3ccc(Oc4ccncc4)cc3)[nH]c2c1. The molecule has 2 heterocycles. The lowest BCUT2D eigenvalue weighted by Crippen LogP contribution is -2.02. The van der Waals surface area contributed by atoms with E-state index in [-0.39, 0.29) is 5.75 Å². The van der Waals surface area contributed by atoms with Gasteiger partial charge in [-0.15, -0.1) is 0 Å². The predicted molar refractivity (Wildman–Crippen MR) is 98.8 cm³/mol. The molecule has 0 spiro atoms. The van der Waals surface area contributed by atoms with Crippen molar-refractivity contribution in [3.8, 4) is 17.2 Å². The fourth-order valence-corrected chi connectivity index (χ4v) is 2.50. The van der Waals surface area contributed by atoms with Crippen LogP contribution in [0.3, 0.4) is 0 Å². The number of hydrogen-bond acceptors (Lipinski definition) is 6. The number of hydrogen-bond donors (Lipinski definition) is 3. The average molecular weight is 362 g/mol. The normalized spacial score (nSPS) is 10.5. The number of imidazole rings is 1. The van der Waals surface area contributed by atoms with Gasteiger partial charge in [0.1, 0.15) is 17.2 Å². The minimum Gasteiger partial charge on any atom is -0.457 e. The quantitative estimate of drug-likeness (QED) is 0.353. The Kier molecular flexibility index (Phi) is 4.28. The molecular weight excluding hydrogens is 348 g/mol. The monoisotopic (exact) mass is 362 g/mol. The molecule has 0 saturated carbocycles. The third-order valence-corrected chi connectivity index (χ3v) is 3.66. The summed E-state index contributed by atoms with van der Waals surface area (Å²) in [6.07, 6.45) is 1.97. The topological polar surface area (TPSA) is 109 Å². The molecule has 0 aliphatic heterocycles. The van der Waals surface area contributed by atoms with Crippen molar-refractivity contribution in [2.45, 2.75) is 0 Å². The van der Waals surface area contributed by atoms with Crippen molar-refractivity contribution in [2.24, 2.45) is 0 Å². The molecule has 8 heteroatoms. The third kappa shape index (κ3) is 3.96. The van der Waals surface area contributed by atoms with Crippen molar-refractivity contribution in [3.05, 3.63) is 67.0 Å². The maximum Gasteiger partial charge on any atom is 0.511 e. The van der Waals surface area contributed by atoms with Crippen molar-refractivity contribution >= 4 is 28.8 Å². The van der Waals surface area contributed by atoms with Gasteiger partial charge in [0.25, 0.3) is 0 Å². The Morgan fingerprint density at radius 3 is 2.41 bits per heavy atom. The second kappa shape index (κ2) is 7.04. The number of ether oxygens (including phenoxy) is 2. The molecule has 3 N–H and O–H groups in total. The number of nitrogens with zero attached hydrogens (tertiary/aromatic N) is 2. The van der Waals surface area contributed by atoms with Crippen LogP contribution in [0.4, 0.5) is 16.4 Å². The van der Waals surface area contributed by atoms with Crippen LogP contribution in [0.1, 0.15) is 0 Å².